The van der Waals surface area contributed by atoms with Crippen LogP contribution in [-0.4, -0.2) is 49.7 Å². The topological polar surface area (TPSA) is 57.7 Å². The van der Waals surface area contributed by atoms with E-state index in [0.29, 0.717) is 23.2 Å². The molecule has 0 saturated carbocycles. The molecule has 128 valence electrons. The minimum Gasteiger partial charge on any atom is -0.342 e. The van der Waals surface area contributed by atoms with Gasteiger partial charge in [0, 0.05) is 26.2 Å². The minimum atomic E-state index is -3.44. The molecular weight excluding hydrogens is 332 g/mol. The van der Waals surface area contributed by atoms with Crippen molar-refractivity contribution >= 4 is 27.3 Å². The van der Waals surface area contributed by atoms with Crippen molar-refractivity contribution in [2.45, 2.75) is 36.8 Å². The summed E-state index contributed by atoms with van der Waals surface area (Å²) < 4.78 is 27.2. The number of likely N-dealkylation sites (tertiary alicyclic amines) is 1. The van der Waals surface area contributed by atoms with Crippen molar-refractivity contribution < 1.29 is 13.2 Å². The average Bonchev–Trinajstić information content (AvgIpc) is 3.10. The molecule has 1 aromatic heterocycles. The average molecular weight is 357 g/mol. The quantitative estimate of drug-likeness (QED) is 0.836. The SMILES string of the molecule is CC1CCN(C(=O)[C@@H]2CCCN(S(=O)(=O)c3cccs3)C2)CC1. The van der Waals surface area contributed by atoms with Crippen molar-refractivity contribution in [3.8, 4) is 0 Å². The van der Waals surface area contributed by atoms with E-state index in [1.54, 1.807) is 17.5 Å². The van der Waals surface area contributed by atoms with Gasteiger partial charge in [-0.3, -0.25) is 4.79 Å². The van der Waals surface area contributed by atoms with Crippen LogP contribution in [0.2, 0.25) is 0 Å². The number of rotatable bonds is 3. The second kappa shape index (κ2) is 6.91. The van der Waals surface area contributed by atoms with Gasteiger partial charge in [-0.05, 0) is 43.0 Å². The first-order valence-corrected chi connectivity index (χ1v) is 10.6. The molecule has 0 unspecified atom stereocenters. The molecule has 0 spiro atoms. The first-order valence-electron chi connectivity index (χ1n) is 8.31. The summed E-state index contributed by atoms with van der Waals surface area (Å²) in [6.45, 7) is 4.69. The summed E-state index contributed by atoms with van der Waals surface area (Å²) in [6.07, 6.45) is 3.65. The summed E-state index contributed by atoms with van der Waals surface area (Å²) >= 11 is 1.24. The van der Waals surface area contributed by atoms with Crippen molar-refractivity contribution in [1.82, 2.24) is 9.21 Å². The molecule has 7 heteroatoms. The van der Waals surface area contributed by atoms with Crippen LogP contribution >= 0.6 is 11.3 Å². The van der Waals surface area contributed by atoms with Gasteiger partial charge in [0.25, 0.3) is 10.0 Å². The number of hydrogen-bond donors (Lipinski definition) is 0. The largest absolute Gasteiger partial charge is 0.342 e. The highest BCUT2D eigenvalue weighted by atomic mass is 32.2. The Kier molecular flexibility index (Phi) is 5.08. The molecule has 1 aromatic rings. The van der Waals surface area contributed by atoms with Crippen LogP contribution in [-0.2, 0) is 14.8 Å². The van der Waals surface area contributed by atoms with E-state index < -0.39 is 10.0 Å². The highest BCUT2D eigenvalue weighted by Gasteiger charge is 2.36. The lowest BCUT2D eigenvalue weighted by atomic mass is 9.94. The maximum atomic E-state index is 12.7. The van der Waals surface area contributed by atoms with Crippen molar-refractivity contribution in [1.29, 1.82) is 0 Å². The fourth-order valence-corrected chi connectivity index (χ4v) is 6.06. The molecule has 0 N–H and O–H groups in total. The van der Waals surface area contributed by atoms with E-state index in [2.05, 4.69) is 6.92 Å². The summed E-state index contributed by atoms with van der Waals surface area (Å²) in [5.74, 6) is 0.635. The Morgan fingerprint density at radius 3 is 2.61 bits per heavy atom. The zero-order chi connectivity index (χ0) is 16.4. The molecule has 0 bridgehead atoms. The zero-order valence-corrected chi connectivity index (χ0v) is 15.1. The van der Waals surface area contributed by atoms with Crippen LogP contribution in [0.4, 0.5) is 0 Å². The number of carbonyl (C=O) groups excluding carboxylic acids is 1. The van der Waals surface area contributed by atoms with Crippen molar-refractivity contribution in [2.24, 2.45) is 11.8 Å². The van der Waals surface area contributed by atoms with Crippen LogP contribution in [0, 0.1) is 11.8 Å². The number of carbonyl (C=O) groups is 1. The Labute approximate surface area is 142 Å². The maximum absolute atomic E-state index is 12.7. The molecule has 2 saturated heterocycles. The third-order valence-electron chi connectivity index (χ3n) is 4.92. The number of sulfonamides is 1. The molecule has 3 heterocycles. The van der Waals surface area contributed by atoms with E-state index in [-0.39, 0.29) is 11.8 Å². The van der Waals surface area contributed by atoms with Gasteiger partial charge in [0.1, 0.15) is 4.21 Å². The Bertz CT molecular complexity index is 634. The molecule has 2 aliphatic rings. The first-order chi connectivity index (χ1) is 11.0. The molecule has 3 rings (SSSR count). The number of amides is 1. The second-order valence-corrected chi connectivity index (χ2v) is 9.75. The predicted octanol–water partition coefficient (Wildman–Crippen LogP) is 2.41. The second-order valence-electron chi connectivity index (χ2n) is 6.64. The van der Waals surface area contributed by atoms with Crippen molar-refractivity contribution in [2.75, 3.05) is 26.2 Å². The third kappa shape index (κ3) is 3.61. The molecular formula is C16H24N2O3S2. The Morgan fingerprint density at radius 1 is 1.22 bits per heavy atom. The van der Waals surface area contributed by atoms with Crippen LogP contribution in [0.25, 0.3) is 0 Å². The number of nitrogens with zero attached hydrogens (tertiary/aromatic N) is 2. The van der Waals surface area contributed by atoms with Crippen molar-refractivity contribution in [3.05, 3.63) is 17.5 Å². The summed E-state index contributed by atoms with van der Waals surface area (Å²) in [7, 11) is -3.44. The standard InChI is InChI=1S/C16H24N2O3S2/c1-13-6-9-17(10-7-13)16(19)14-4-2-8-18(12-14)23(20,21)15-5-3-11-22-15/h3,5,11,13-14H,2,4,6-10,12H2,1H3/t14-/m1/s1. The molecule has 2 aliphatic heterocycles. The fraction of sp³-hybridized carbons (Fsp3) is 0.688. The molecule has 5 nitrogen and oxygen atoms in total. The van der Waals surface area contributed by atoms with E-state index in [1.165, 1.54) is 15.6 Å². The van der Waals surface area contributed by atoms with E-state index in [9.17, 15) is 13.2 Å². The Hall–Kier alpha value is -0.920. The molecule has 23 heavy (non-hydrogen) atoms. The number of thiophene rings is 1. The molecule has 0 aromatic carbocycles. The molecule has 0 aliphatic carbocycles. The van der Waals surface area contributed by atoms with Crippen LogP contribution in [0.3, 0.4) is 0 Å². The smallest absolute Gasteiger partial charge is 0.252 e. The van der Waals surface area contributed by atoms with E-state index >= 15 is 0 Å². The fourth-order valence-electron chi connectivity index (χ4n) is 3.39. The third-order valence-corrected chi connectivity index (χ3v) is 8.16. The summed E-state index contributed by atoms with van der Waals surface area (Å²) in [4.78, 5) is 14.7. The van der Waals surface area contributed by atoms with E-state index in [1.807, 2.05) is 4.90 Å². The lowest BCUT2D eigenvalue weighted by molar-refractivity contribution is -0.138. The number of hydrogen-bond acceptors (Lipinski definition) is 4. The maximum Gasteiger partial charge on any atom is 0.252 e. The predicted molar refractivity (Wildman–Crippen MR) is 90.8 cm³/mol. The summed E-state index contributed by atoms with van der Waals surface area (Å²) in [6, 6.07) is 3.39. The zero-order valence-electron chi connectivity index (χ0n) is 13.5. The van der Waals surface area contributed by atoms with Gasteiger partial charge in [0.05, 0.1) is 5.92 Å². The van der Waals surface area contributed by atoms with Crippen molar-refractivity contribution in [3.63, 3.8) is 0 Å². The van der Waals surface area contributed by atoms with Crippen LogP contribution in [0.5, 0.6) is 0 Å². The minimum absolute atomic E-state index is 0.142. The van der Waals surface area contributed by atoms with Gasteiger partial charge in [0.2, 0.25) is 5.91 Å². The van der Waals surface area contributed by atoms with E-state index in [4.69, 9.17) is 0 Å². The van der Waals surface area contributed by atoms with Gasteiger partial charge in [-0.1, -0.05) is 13.0 Å². The molecule has 2 fully saturated rings. The molecule has 1 atom stereocenters. The van der Waals surface area contributed by atoms with Gasteiger partial charge in [0.15, 0.2) is 0 Å². The van der Waals surface area contributed by atoms with Crippen LogP contribution < -0.4 is 0 Å². The lowest BCUT2D eigenvalue weighted by Gasteiger charge is -2.36. The number of piperidine rings is 2. The normalized spacial score (nSPS) is 24.7. The van der Waals surface area contributed by atoms with E-state index in [0.717, 1.165) is 38.8 Å². The summed E-state index contributed by atoms with van der Waals surface area (Å²) in [5.41, 5.74) is 0. The lowest BCUT2D eigenvalue weighted by Crippen LogP contribution is -2.48. The van der Waals surface area contributed by atoms with Crippen LogP contribution in [0.15, 0.2) is 21.7 Å². The van der Waals surface area contributed by atoms with Gasteiger partial charge in [-0.25, -0.2) is 8.42 Å². The van der Waals surface area contributed by atoms with Gasteiger partial charge in [-0.2, -0.15) is 4.31 Å². The molecule has 1 amide bonds. The summed E-state index contributed by atoms with van der Waals surface area (Å²) in [5, 5.41) is 1.77. The highest BCUT2D eigenvalue weighted by Crippen LogP contribution is 2.28. The first kappa shape index (κ1) is 16.9. The van der Waals surface area contributed by atoms with Crippen LogP contribution in [0.1, 0.15) is 32.6 Å². The van der Waals surface area contributed by atoms with Gasteiger partial charge < -0.3 is 4.90 Å². The Balaban J connectivity index is 1.67. The monoisotopic (exact) mass is 356 g/mol. The van der Waals surface area contributed by atoms with Gasteiger partial charge in [-0.15, -0.1) is 11.3 Å². The Morgan fingerprint density at radius 2 is 1.96 bits per heavy atom. The molecule has 0 radical (unpaired) electrons. The van der Waals surface area contributed by atoms with Gasteiger partial charge >= 0.3 is 0 Å². The highest BCUT2D eigenvalue weighted by molar-refractivity contribution is 7.91.